The van der Waals surface area contributed by atoms with Crippen molar-refractivity contribution in [2.24, 2.45) is 0 Å². The van der Waals surface area contributed by atoms with Crippen LogP contribution in [0.5, 0.6) is 0 Å². The van der Waals surface area contributed by atoms with E-state index in [1.54, 1.807) is 29.2 Å². The number of benzene rings is 2. The zero-order valence-corrected chi connectivity index (χ0v) is 18.8. The van der Waals surface area contributed by atoms with E-state index in [9.17, 15) is 18.0 Å². The number of amides is 2. The van der Waals surface area contributed by atoms with Gasteiger partial charge < -0.3 is 10.2 Å². The van der Waals surface area contributed by atoms with Crippen molar-refractivity contribution in [3.63, 3.8) is 0 Å². The molecule has 4 rings (SSSR count). The molecule has 10 heteroatoms. The van der Waals surface area contributed by atoms with Gasteiger partial charge >= 0.3 is 0 Å². The van der Waals surface area contributed by atoms with Crippen LogP contribution in [0.25, 0.3) is 0 Å². The van der Waals surface area contributed by atoms with E-state index in [2.05, 4.69) is 10.0 Å². The minimum absolute atomic E-state index is 0.0307. The molecule has 2 aromatic rings. The zero-order valence-electron chi connectivity index (χ0n) is 17.2. The number of nitriles is 1. The fraction of sp³-hybridized carbons (Fsp3) is 0.318. The molecule has 0 radical (unpaired) electrons. The average molecular weight is 471 g/mol. The maximum Gasteiger partial charge on any atom is 0.261 e. The fourth-order valence-corrected chi connectivity index (χ4v) is 5.87. The molecule has 2 aliphatic rings. The first-order valence-corrected chi connectivity index (χ1v) is 12.7. The molecule has 2 aromatic carbocycles. The molecule has 8 nitrogen and oxygen atoms in total. The molecule has 1 atom stereocenters. The summed E-state index contributed by atoms with van der Waals surface area (Å²) in [5.74, 6) is -0.642. The zero-order chi connectivity index (χ0) is 22.7. The Balaban J connectivity index is 1.53. The van der Waals surface area contributed by atoms with E-state index in [1.165, 1.54) is 18.2 Å². The third-order valence-electron chi connectivity index (χ3n) is 5.39. The minimum atomic E-state index is -3.94. The van der Waals surface area contributed by atoms with Gasteiger partial charge in [-0.2, -0.15) is 5.26 Å². The number of hydrogen-bond donors (Lipinski definition) is 2. The summed E-state index contributed by atoms with van der Waals surface area (Å²) in [5.41, 5.74) is 0.955. The smallest absolute Gasteiger partial charge is 0.261 e. The second-order valence-electron chi connectivity index (χ2n) is 7.68. The lowest BCUT2D eigenvalue weighted by Crippen LogP contribution is -2.45. The van der Waals surface area contributed by atoms with Gasteiger partial charge in [-0.1, -0.05) is 18.9 Å². The van der Waals surface area contributed by atoms with Crippen LogP contribution in [0.2, 0.25) is 0 Å². The van der Waals surface area contributed by atoms with Crippen molar-refractivity contribution in [3.05, 3.63) is 48.0 Å². The van der Waals surface area contributed by atoms with E-state index in [0.717, 1.165) is 37.4 Å². The maximum absolute atomic E-state index is 12.9. The van der Waals surface area contributed by atoms with Gasteiger partial charge in [0.05, 0.1) is 27.9 Å². The minimum Gasteiger partial charge on any atom is -0.341 e. The lowest BCUT2D eigenvalue weighted by Gasteiger charge is -2.28. The Morgan fingerprint density at radius 1 is 1.12 bits per heavy atom. The summed E-state index contributed by atoms with van der Waals surface area (Å²) in [5, 5.41) is 10.8. The molecule has 0 unspecified atom stereocenters. The first-order valence-electron chi connectivity index (χ1n) is 10.3. The van der Waals surface area contributed by atoms with E-state index in [1.807, 2.05) is 6.07 Å². The summed E-state index contributed by atoms with van der Waals surface area (Å²) < 4.78 is 28.1. The van der Waals surface area contributed by atoms with Crippen LogP contribution >= 0.6 is 11.8 Å². The Labute approximate surface area is 191 Å². The summed E-state index contributed by atoms with van der Waals surface area (Å²) in [6, 6.07) is 12.5. The van der Waals surface area contributed by atoms with Gasteiger partial charge in [0.25, 0.3) is 10.0 Å². The van der Waals surface area contributed by atoms with Gasteiger partial charge in [-0.05, 0) is 49.2 Å². The number of likely N-dealkylation sites (tertiary alicyclic amines) is 1. The topological polar surface area (TPSA) is 119 Å². The third kappa shape index (κ3) is 4.74. The Morgan fingerprint density at radius 2 is 1.88 bits per heavy atom. The second-order valence-corrected chi connectivity index (χ2v) is 10.5. The lowest BCUT2D eigenvalue weighted by molar-refractivity contribution is -0.133. The van der Waals surface area contributed by atoms with Crippen molar-refractivity contribution in [3.8, 4) is 6.07 Å². The number of hydrogen-bond acceptors (Lipinski definition) is 6. The van der Waals surface area contributed by atoms with Crippen molar-refractivity contribution in [2.75, 3.05) is 23.1 Å². The van der Waals surface area contributed by atoms with Gasteiger partial charge in [-0.3, -0.25) is 14.3 Å². The Morgan fingerprint density at radius 3 is 2.59 bits per heavy atom. The molecule has 0 aliphatic carbocycles. The molecule has 166 valence electrons. The van der Waals surface area contributed by atoms with Crippen molar-refractivity contribution in [2.45, 2.75) is 40.7 Å². The molecule has 2 heterocycles. The van der Waals surface area contributed by atoms with Crippen LogP contribution in [0.4, 0.5) is 11.4 Å². The normalized spacial score (nSPS) is 18.7. The highest BCUT2D eigenvalue weighted by atomic mass is 32.2. The number of carbonyl (C=O) groups excluding carboxylic acids is 2. The fourth-order valence-electron chi connectivity index (χ4n) is 3.74. The average Bonchev–Trinajstić information content (AvgIpc) is 3.07. The van der Waals surface area contributed by atoms with Crippen LogP contribution in [-0.2, 0) is 19.6 Å². The van der Waals surface area contributed by atoms with E-state index in [-0.39, 0.29) is 16.5 Å². The number of nitrogens with zero attached hydrogens (tertiary/aromatic N) is 2. The Hall–Kier alpha value is -3.03. The summed E-state index contributed by atoms with van der Waals surface area (Å²) in [7, 11) is -3.94. The molecule has 1 fully saturated rings. The highest BCUT2D eigenvalue weighted by Gasteiger charge is 2.36. The number of anilines is 2. The molecule has 0 spiro atoms. The van der Waals surface area contributed by atoms with Crippen molar-refractivity contribution >= 4 is 45.0 Å². The SMILES string of the molecule is N#Cc1cccc(NS(=O)(=O)c2ccc3c(c2)NC(=O)[C@H](C(=O)N2CCCCCC2)S3)c1. The molecular formula is C22H22N4O4S2. The lowest BCUT2D eigenvalue weighted by atomic mass is 10.2. The van der Waals surface area contributed by atoms with Crippen LogP contribution in [0.3, 0.4) is 0 Å². The van der Waals surface area contributed by atoms with Gasteiger partial charge in [0.1, 0.15) is 0 Å². The summed E-state index contributed by atoms with van der Waals surface area (Å²) in [4.78, 5) is 28.0. The molecular weight excluding hydrogens is 448 g/mol. The summed E-state index contributed by atoms with van der Waals surface area (Å²) in [6.07, 6.45) is 4.05. The number of sulfonamides is 1. The van der Waals surface area contributed by atoms with Crippen molar-refractivity contribution < 1.29 is 18.0 Å². The number of carbonyl (C=O) groups is 2. The van der Waals surface area contributed by atoms with Gasteiger partial charge in [-0.25, -0.2) is 8.42 Å². The molecule has 0 bridgehead atoms. The van der Waals surface area contributed by atoms with Crippen LogP contribution in [0.15, 0.2) is 52.3 Å². The van der Waals surface area contributed by atoms with Crippen molar-refractivity contribution in [1.82, 2.24) is 4.90 Å². The molecule has 32 heavy (non-hydrogen) atoms. The number of nitrogens with one attached hydrogen (secondary N) is 2. The quantitative estimate of drug-likeness (QED) is 0.663. The predicted octanol–water partition coefficient (Wildman–Crippen LogP) is 3.17. The highest BCUT2D eigenvalue weighted by Crippen LogP contribution is 2.38. The van der Waals surface area contributed by atoms with E-state index in [0.29, 0.717) is 29.2 Å². The molecule has 1 saturated heterocycles. The Kier molecular flexibility index (Phi) is 6.39. The summed E-state index contributed by atoms with van der Waals surface area (Å²) in [6.45, 7) is 1.32. The molecule has 2 aliphatic heterocycles. The monoisotopic (exact) mass is 470 g/mol. The number of fused-ring (bicyclic) bond motifs is 1. The van der Waals surface area contributed by atoms with Crippen molar-refractivity contribution in [1.29, 1.82) is 5.26 Å². The van der Waals surface area contributed by atoms with Crippen LogP contribution in [0, 0.1) is 11.3 Å². The second kappa shape index (κ2) is 9.22. The van der Waals surface area contributed by atoms with E-state index >= 15 is 0 Å². The van der Waals surface area contributed by atoms with Gasteiger partial charge in [-0.15, -0.1) is 11.8 Å². The predicted molar refractivity (Wildman–Crippen MR) is 122 cm³/mol. The van der Waals surface area contributed by atoms with E-state index in [4.69, 9.17) is 5.26 Å². The standard InChI is InChI=1S/C22H22N4O4S2/c23-14-15-6-5-7-16(12-15)25-32(29,30)17-8-9-19-18(13-17)24-21(27)20(31-19)22(28)26-10-3-1-2-4-11-26/h5-9,12-13,20,25H,1-4,10-11H2,(H,24,27)/t20-/m1/s1. The molecule has 2 amide bonds. The van der Waals surface area contributed by atoms with Gasteiger partial charge in [0, 0.05) is 18.0 Å². The largest absolute Gasteiger partial charge is 0.341 e. The first kappa shape index (κ1) is 22.2. The molecule has 2 N–H and O–H groups in total. The number of rotatable bonds is 4. The molecule has 0 aromatic heterocycles. The molecule has 0 saturated carbocycles. The Bertz CT molecular complexity index is 1200. The first-order chi connectivity index (χ1) is 15.4. The van der Waals surface area contributed by atoms with Crippen LogP contribution < -0.4 is 10.0 Å². The number of thioether (sulfide) groups is 1. The van der Waals surface area contributed by atoms with Gasteiger partial charge in [0.15, 0.2) is 5.25 Å². The highest BCUT2D eigenvalue weighted by molar-refractivity contribution is 8.01. The van der Waals surface area contributed by atoms with Crippen LogP contribution in [0.1, 0.15) is 31.2 Å². The third-order valence-corrected chi connectivity index (χ3v) is 8.03. The maximum atomic E-state index is 12.9. The van der Waals surface area contributed by atoms with Crippen LogP contribution in [-0.4, -0.2) is 43.5 Å². The van der Waals surface area contributed by atoms with E-state index < -0.39 is 21.2 Å². The summed E-state index contributed by atoms with van der Waals surface area (Å²) >= 11 is 1.15. The van der Waals surface area contributed by atoms with Gasteiger partial charge in [0.2, 0.25) is 11.8 Å².